The van der Waals surface area contributed by atoms with Crippen molar-refractivity contribution in [3.05, 3.63) is 87.9 Å². The maximum Gasteiger partial charge on any atom is 0.254 e. The molecule has 1 aromatic heterocycles. The highest BCUT2D eigenvalue weighted by Gasteiger charge is 2.11. The van der Waals surface area contributed by atoms with E-state index in [1.807, 2.05) is 43.3 Å². The summed E-state index contributed by atoms with van der Waals surface area (Å²) in [4.78, 5) is 16.8. The standard InChI is InChI=1S/C21H21FN2O/c1-3-7-20-23-15(2)12-21(25)24(20)14-18-11-10-17(13-19(18)22)16-8-5-4-6-9-16/h4-6,8-13H,3,7,14H2,1-2H3. The molecule has 2 aromatic carbocycles. The van der Waals surface area contributed by atoms with Crippen LogP contribution < -0.4 is 5.56 Å². The van der Waals surface area contributed by atoms with Crippen LogP contribution in [0.5, 0.6) is 0 Å². The molecule has 0 aliphatic carbocycles. The van der Waals surface area contributed by atoms with E-state index in [0.29, 0.717) is 23.5 Å². The van der Waals surface area contributed by atoms with Crippen molar-refractivity contribution in [3.8, 4) is 11.1 Å². The van der Waals surface area contributed by atoms with Crippen LogP contribution in [0.3, 0.4) is 0 Å². The van der Waals surface area contributed by atoms with E-state index >= 15 is 0 Å². The van der Waals surface area contributed by atoms with Crippen molar-refractivity contribution in [1.29, 1.82) is 0 Å². The zero-order valence-corrected chi connectivity index (χ0v) is 14.5. The molecule has 3 rings (SSSR count). The fraction of sp³-hybridized carbons (Fsp3) is 0.238. The SMILES string of the molecule is CCCc1nc(C)cc(=O)n1Cc1ccc(-c2ccccc2)cc1F. The second-order valence-corrected chi connectivity index (χ2v) is 6.16. The molecule has 0 saturated heterocycles. The molecular weight excluding hydrogens is 315 g/mol. The summed E-state index contributed by atoms with van der Waals surface area (Å²) >= 11 is 0. The number of rotatable bonds is 5. The summed E-state index contributed by atoms with van der Waals surface area (Å²) in [5.74, 6) is 0.398. The van der Waals surface area contributed by atoms with Gasteiger partial charge in [-0.15, -0.1) is 0 Å². The van der Waals surface area contributed by atoms with E-state index in [-0.39, 0.29) is 17.9 Å². The van der Waals surface area contributed by atoms with E-state index < -0.39 is 0 Å². The summed E-state index contributed by atoms with van der Waals surface area (Å²) < 4.78 is 16.2. The van der Waals surface area contributed by atoms with E-state index in [0.717, 1.165) is 17.5 Å². The Balaban J connectivity index is 1.96. The minimum absolute atomic E-state index is 0.137. The number of halogens is 1. The third-order valence-electron chi connectivity index (χ3n) is 4.18. The van der Waals surface area contributed by atoms with Gasteiger partial charge in [0, 0.05) is 23.7 Å². The fourth-order valence-electron chi connectivity index (χ4n) is 2.92. The van der Waals surface area contributed by atoms with Gasteiger partial charge in [0.1, 0.15) is 11.6 Å². The van der Waals surface area contributed by atoms with Gasteiger partial charge in [-0.25, -0.2) is 9.37 Å². The van der Waals surface area contributed by atoms with Crippen LogP contribution >= 0.6 is 0 Å². The Hall–Kier alpha value is -2.75. The number of benzene rings is 2. The highest BCUT2D eigenvalue weighted by atomic mass is 19.1. The highest BCUT2D eigenvalue weighted by Crippen LogP contribution is 2.22. The van der Waals surface area contributed by atoms with Crippen molar-refractivity contribution >= 4 is 0 Å². The van der Waals surface area contributed by atoms with Gasteiger partial charge < -0.3 is 0 Å². The molecule has 0 unspecified atom stereocenters. The Labute approximate surface area is 146 Å². The first-order chi connectivity index (χ1) is 12.1. The molecule has 0 aliphatic heterocycles. The minimum atomic E-state index is -0.309. The molecule has 3 nitrogen and oxygen atoms in total. The molecule has 4 heteroatoms. The van der Waals surface area contributed by atoms with Crippen LogP contribution in [-0.2, 0) is 13.0 Å². The molecule has 0 fully saturated rings. The van der Waals surface area contributed by atoms with Gasteiger partial charge in [-0.05, 0) is 30.5 Å². The molecule has 0 radical (unpaired) electrons. The summed E-state index contributed by atoms with van der Waals surface area (Å²) in [5.41, 5.74) is 2.84. The molecule has 0 bridgehead atoms. The number of nitrogens with zero attached hydrogens (tertiary/aromatic N) is 2. The smallest absolute Gasteiger partial charge is 0.254 e. The first-order valence-electron chi connectivity index (χ1n) is 8.49. The van der Waals surface area contributed by atoms with E-state index in [2.05, 4.69) is 4.98 Å². The van der Waals surface area contributed by atoms with Crippen molar-refractivity contribution in [3.63, 3.8) is 0 Å². The first-order valence-corrected chi connectivity index (χ1v) is 8.49. The molecule has 0 saturated carbocycles. The number of aromatic nitrogens is 2. The van der Waals surface area contributed by atoms with E-state index in [1.165, 1.54) is 12.1 Å². The lowest BCUT2D eigenvalue weighted by molar-refractivity contribution is 0.581. The van der Waals surface area contributed by atoms with Gasteiger partial charge in [-0.2, -0.15) is 0 Å². The molecular formula is C21H21FN2O. The second kappa shape index (κ2) is 7.43. The summed E-state index contributed by atoms with van der Waals surface area (Å²) in [6.45, 7) is 4.04. The van der Waals surface area contributed by atoms with Gasteiger partial charge >= 0.3 is 0 Å². The third kappa shape index (κ3) is 3.85. The lowest BCUT2D eigenvalue weighted by atomic mass is 10.0. The zero-order valence-electron chi connectivity index (χ0n) is 14.5. The van der Waals surface area contributed by atoms with Crippen molar-refractivity contribution in [2.45, 2.75) is 33.2 Å². The fourth-order valence-corrected chi connectivity index (χ4v) is 2.92. The third-order valence-corrected chi connectivity index (χ3v) is 4.18. The van der Waals surface area contributed by atoms with Gasteiger partial charge in [0.15, 0.2) is 0 Å². The minimum Gasteiger partial charge on any atom is -0.292 e. The zero-order chi connectivity index (χ0) is 17.8. The van der Waals surface area contributed by atoms with Gasteiger partial charge in [0.25, 0.3) is 5.56 Å². The van der Waals surface area contributed by atoms with Crippen LogP contribution in [0.1, 0.15) is 30.4 Å². The quantitative estimate of drug-likeness (QED) is 0.694. The van der Waals surface area contributed by atoms with E-state index in [4.69, 9.17) is 0 Å². The van der Waals surface area contributed by atoms with Crippen LogP contribution in [0.2, 0.25) is 0 Å². The van der Waals surface area contributed by atoms with Crippen molar-refractivity contribution in [1.82, 2.24) is 9.55 Å². The maximum atomic E-state index is 14.6. The Bertz CT molecular complexity index is 932. The monoisotopic (exact) mass is 336 g/mol. The van der Waals surface area contributed by atoms with Crippen molar-refractivity contribution in [2.24, 2.45) is 0 Å². The Morgan fingerprint density at radius 1 is 1.04 bits per heavy atom. The molecule has 3 aromatic rings. The predicted molar refractivity (Wildman–Crippen MR) is 98.2 cm³/mol. The molecule has 0 amide bonds. The maximum absolute atomic E-state index is 14.6. The van der Waals surface area contributed by atoms with Gasteiger partial charge in [0.05, 0.1) is 6.54 Å². The van der Waals surface area contributed by atoms with Crippen molar-refractivity contribution < 1.29 is 4.39 Å². The van der Waals surface area contributed by atoms with Gasteiger partial charge in [-0.1, -0.05) is 49.4 Å². The molecule has 0 N–H and O–H groups in total. The van der Waals surface area contributed by atoms with Crippen LogP contribution in [0.4, 0.5) is 4.39 Å². The molecule has 128 valence electrons. The summed E-state index contributed by atoms with van der Waals surface area (Å²) in [6, 6.07) is 16.3. The van der Waals surface area contributed by atoms with E-state index in [1.54, 1.807) is 17.6 Å². The van der Waals surface area contributed by atoms with Crippen LogP contribution in [0, 0.1) is 12.7 Å². The summed E-state index contributed by atoms with van der Waals surface area (Å²) in [6.07, 6.45) is 1.58. The van der Waals surface area contributed by atoms with Gasteiger partial charge in [-0.3, -0.25) is 9.36 Å². The predicted octanol–water partition coefficient (Wildman–Crippen LogP) is 4.36. The molecule has 0 spiro atoms. The Morgan fingerprint density at radius 2 is 1.80 bits per heavy atom. The van der Waals surface area contributed by atoms with Gasteiger partial charge in [0.2, 0.25) is 0 Å². The average molecular weight is 336 g/mol. The van der Waals surface area contributed by atoms with Crippen LogP contribution in [0.25, 0.3) is 11.1 Å². The number of hydrogen-bond donors (Lipinski definition) is 0. The number of aryl methyl sites for hydroxylation is 2. The molecule has 1 heterocycles. The summed E-state index contributed by atoms with van der Waals surface area (Å²) in [7, 11) is 0. The largest absolute Gasteiger partial charge is 0.292 e. The highest BCUT2D eigenvalue weighted by molar-refractivity contribution is 5.63. The Kier molecular flexibility index (Phi) is 5.08. The first kappa shape index (κ1) is 17.1. The number of hydrogen-bond acceptors (Lipinski definition) is 2. The Morgan fingerprint density at radius 3 is 2.48 bits per heavy atom. The lowest BCUT2D eigenvalue weighted by Gasteiger charge is -2.13. The molecule has 0 aliphatic rings. The molecule has 25 heavy (non-hydrogen) atoms. The van der Waals surface area contributed by atoms with Crippen LogP contribution in [0.15, 0.2) is 59.4 Å². The summed E-state index contributed by atoms with van der Waals surface area (Å²) in [5, 5.41) is 0. The van der Waals surface area contributed by atoms with Crippen LogP contribution in [-0.4, -0.2) is 9.55 Å². The topological polar surface area (TPSA) is 34.9 Å². The molecule has 0 atom stereocenters. The van der Waals surface area contributed by atoms with E-state index in [9.17, 15) is 9.18 Å². The average Bonchev–Trinajstić information content (AvgIpc) is 2.60. The lowest BCUT2D eigenvalue weighted by Crippen LogP contribution is -2.26. The second-order valence-electron chi connectivity index (χ2n) is 6.16. The normalized spacial score (nSPS) is 10.8. The van der Waals surface area contributed by atoms with Crippen molar-refractivity contribution in [2.75, 3.05) is 0 Å².